The fourth-order valence-electron chi connectivity index (χ4n) is 2.85. The zero-order valence-electron chi connectivity index (χ0n) is 14.7. The monoisotopic (exact) mass is 334 g/mol. The van der Waals surface area contributed by atoms with E-state index in [1.807, 2.05) is 13.1 Å². The average molecular weight is 334 g/mol. The van der Waals surface area contributed by atoms with Crippen molar-refractivity contribution >= 4 is 28.7 Å². The molecule has 0 saturated heterocycles. The lowest BCUT2D eigenvalue weighted by atomic mass is 10.1. The Balaban J connectivity index is 1.74. The number of likely N-dealkylation sites (N-methyl/N-ethyl adjacent to an activating group) is 1. The average Bonchev–Trinajstić information content (AvgIpc) is 2.89. The first-order chi connectivity index (χ1) is 11.9. The highest BCUT2D eigenvalue weighted by Crippen LogP contribution is 2.23. The van der Waals surface area contributed by atoms with Gasteiger partial charge in [0.05, 0.1) is 0 Å². The minimum Gasteiger partial charge on any atom is -0.384 e. The van der Waals surface area contributed by atoms with Gasteiger partial charge in [0, 0.05) is 50.0 Å². The van der Waals surface area contributed by atoms with Gasteiger partial charge in [-0.25, -0.2) is 4.98 Å². The molecule has 25 heavy (non-hydrogen) atoms. The van der Waals surface area contributed by atoms with Gasteiger partial charge in [-0.3, -0.25) is 4.79 Å². The Morgan fingerprint density at radius 3 is 2.84 bits per heavy atom. The number of aryl methyl sites for hydroxylation is 2. The minimum absolute atomic E-state index is 0.0547. The van der Waals surface area contributed by atoms with Crippen LogP contribution in [0.1, 0.15) is 16.7 Å². The molecular formula is C20H22N4O. The van der Waals surface area contributed by atoms with Crippen LogP contribution in [0.2, 0.25) is 0 Å². The number of nitrogen functional groups attached to an aromatic ring is 1. The molecular weight excluding hydrogens is 312 g/mol. The zero-order valence-corrected chi connectivity index (χ0v) is 14.7. The lowest BCUT2D eigenvalue weighted by Gasteiger charge is -2.14. The van der Waals surface area contributed by atoms with E-state index in [0.29, 0.717) is 12.4 Å². The fourth-order valence-corrected chi connectivity index (χ4v) is 2.85. The molecule has 0 unspecified atom stereocenters. The molecule has 2 N–H and O–H groups in total. The van der Waals surface area contributed by atoms with Gasteiger partial charge in [-0.1, -0.05) is 12.1 Å². The third-order valence-corrected chi connectivity index (χ3v) is 4.24. The number of amides is 1. The van der Waals surface area contributed by atoms with Crippen LogP contribution in [0.5, 0.6) is 0 Å². The number of hydrogen-bond acceptors (Lipinski definition) is 3. The van der Waals surface area contributed by atoms with Crippen molar-refractivity contribution in [3.05, 3.63) is 65.5 Å². The van der Waals surface area contributed by atoms with Crippen LogP contribution in [0.25, 0.3) is 17.0 Å². The van der Waals surface area contributed by atoms with Crippen LogP contribution in [0.3, 0.4) is 0 Å². The summed E-state index contributed by atoms with van der Waals surface area (Å²) in [5, 5.41) is 1.18. The van der Waals surface area contributed by atoms with Crippen molar-refractivity contribution in [3.63, 3.8) is 0 Å². The summed E-state index contributed by atoms with van der Waals surface area (Å²) in [5.41, 5.74) is 9.95. The smallest absolute Gasteiger partial charge is 0.246 e. The fraction of sp³-hybridized carbons (Fsp3) is 0.200. The van der Waals surface area contributed by atoms with Crippen molar-refractivity contribution in [1.82, 2.24) is 14.5 Å². The third kappa shape index (κ3) is 3.71. The largest absolute Gasteiger partial charge is 0.384 e. The highest BCUT2D eigenvalue weighted by molar-refractivity contribution is 5.92. The highest BCUT2D eigenvalue weighted by Gasteiger charge is 2.11. The predicted octanol–water partition coefficient (Wildman–Crippen LogP) is 3.14. The third-order valence-electron chi connectivity index (χ3n) is 4.24. The number of carbonyl (C=O) groups is 1. The Morgan fingerprint density at radius 1 is 1.32 bits per heavy atom. The molecule has 1 amide bonds. The number of hydrogen-bond donors (Lipinski definition) is 1. The molecule has 2 aromatic heterocycles. The molecule has 0 spiro atoms. The number of benzene rings is 1. The Kier molecular flexibility index (Phi) is 4.57. The summed E-state index contributed by atoms with van der Waals surface area (Å²) in [6.45, 7) is 2.64. The number of aromatic nitrogens is 2. The quantitative estimate of drug-likeness (QED) is 0.746. The standard InChI is InChI=1S/C20H22N4O/c1-14-4-7-17-16(12-23(2)18(17)10-14)13-24(3)20(25)9-6-15-5-8-19(21)22-11-15/h4-12H,13H2,1-3H3,(H2,21,22)/b9-6+. The second kappa shape index (κ2) is 6.81. The molecule has 0 bridgehead atoms. The van der Waals surface area contributed by atoms with E-state index in [0.717, 1.165) is 11.1 Å². The van der Waals surface area contributed by atoms with E-state index in [2.05, 4.69) is 40.9 Å². The summed E-state index contributed by atoms with van der Waals surface area (Å²) in [4.78, 5) is 18.1. The number of pyridine rings is 1. The molecule has 1 aromatic carbocycles. The molecule has 0 aliphatic heterocycles. The van der Waals surface area contributed by atoms with Gasteiger partial charge in [0.1, 0.15) is 5.82 Å². The van der Waals surface area contributed by atoms with E-state index < -0.39 is 0 Å². The van der Waals surface area contributed by atoms with E-state index in [1.54, 1.807) is 36.4 Å². The summed E-state index contributed by atoms with van der Waals surface area (Å²) in [6, 6.07) is 9.93. The van der Waals surface area contributed by atoms with Gasteiger partial charge in [-0.15, -0.1) is 0 Å². The maximum absolute atomic E-state index is 12.4. The molecule has 2 heterocycles. The Bertz CT molecular complexity index is 938. The van der Waals surface area contributed by atoms with Crippen LogP contribution < -0.4 is 5.73 Å². The number of nitrogens with two attached hydrogens (primary N) is 1. The zero-order chi connectivity index (χ0) is 18.0. The van der Waals surface area contributed by atoms with Gasteiger partial charge in [-0.05, 0) is 47.9 Å². The van der Waals surface area contributed by atoms with E-state index in [9.17, 15) is 4.79 Å². The Labute approximate surface area is 147 Å². The van der Waals surface area contributed by atoms with E-state index in [-0.39, 0.29) is 5.91 Å². The maximum Gasteiger partial charge on any atom is 0.246 e. The number of nitrogens with zero attached hydrogens (tertiary/aromatic N) is 3. The van der Waals surface area contributed by atoms with Crippen molar-refractivity contribution < 1.29 is 4.79 Å². The Hall–Kier alpha value is -3.08. The van der Waals surface area contributed by atoms with E-state index >= 15 is 0 Å². The summed E-state index contributed by atoms with van der Waals surface area (Å²) in [5.74, 6) is 0.410. The first-order valence-electron chi connectivity index (χ1n) is 8.13. The summed E-state index contributed by atoms with van der Waals surface area (Å²) < 4.78 is 2.10. The molecule has 0 saturated carbocycles. The van der Waals surface area contributed by atoms with Crippen molar-refractivity contribution in [2.24, 2.45) is 7.05 Å². The van der Waals surface area contributed by atoms with Crippen molar-refractivity contribution in [3.8, 4) is 0 Å². The molecule has 3 aromatic rings. The minimum atomic E-state index is -0.0547. The van der Waals surface area contributed by atoms with Gasteiger partial charge >= 0.3 is 0 Å². The highest BCUT2D eigenvalue weighted by atomic mass is 16.2. The van der Waals surface area contributed by atoms with Gasteiger partial charge in [-0.2, -0.15) is 0 Å². The maximum atomic E-state index is 12.4. The van der Waals surface area contributed by atoms with Gasteiger partial charge in [0.15, 0.2) is 0 Å². The Morgan fingerprint density at radius 2 is 2.12 bits per heavy atom. The van der Waals surface area contributed by atoms with Crippen LogP contribution in [-0.4, -0.2) is 27.4 Å². The molecule has 3 rings (SSSR count). The summed E-state index contributed by atoms with van der Waals surface area (Å²) >= 11 is 0. The van der Waals surface area contributed by atoms with Crippen LogP contribution in [0.4, 0.5) is 5.82 Å². The lowest BCUT2D eigenvalue weighted by Crippen LogP contribution is -2.24. The number of rotatable bonds is 4. The van der Waals surface area contributed by atoms with E-state index in [1.165, 1.54) is 16.5 Å². The number of fused-ring (bicyclic) bond motifs is 1. The topological polar surface area (TPSA) is 64.2 Å². The van der Waals surface area contributed by atoms with Gasteiger partial charge in [0.2, 0.25) is 5.91 Å². The second-order valence-corrected chi connectivity index (χ2v) is 6.33. The molecule has 0 fully saturated rings. The van der Waals surface area contributed by atoms with Crippen molar-refractivity contribution in [2.45, 2.75) is 13.5 Å². The van der Waals surface area contributed by atoms with Crippen LogP contribution in [0.15, 0.2) is 48.8 Å². The van der Waals surface area contributed by atoms with Crippen molar-refractivity contribution in [1.29, 1.82) is 0 Å². The molecule has 5 heteroatoms. The predicted molar refractivity (Wildman–Crippen MR) is 102 cm³/mol. The molecule has 0 aliphatic carbocycles. The van der Waals surface area contributed by atoms with Crippen LogP contribution in [0, 0.1) is 6.92 Å². The normalized spacial score (nSPS) is 11.3. The first kappa shape index (κ1) is 16.8. The second-order valence-electron chi connectivity index (χ2n) is 6.33. The van der Waals surface area contributed by atoms with Crippen LogP contribution >= 0.6 is 0 Å². The van der Waals surface area contributed by atoms with Crippen LogP contribution in [-0.2, 0) is 18.4 Å². The number of anilines is 1. The van der Waals surface area contributed by atoms with Crippen molar-refractivity contribution in [2.75, 3.05) is 12.8 Å². The molecule has 5 nitrogen and oxygen atoms in total. The SMILES string of the molecule is Cc1ccc2c(CN(C)C(=O)/C=C/c3ccc(N)nc3)cn(C)c2c1. The van der Waals surface area contributed by atoms with Gasteiger partial charge in [0.25, 0.3) is 0 Å². The first-order valence-corrected chi connectivity index (χ1v) is 8.13. The molecule has 0 aliphatic rings. The molecule has 128 valence electrons. The van der Waals surface area contributed by atoms with Gasteiger partial charge < -0.3 is 15.2 Å². The summed E-state index contributed by atoms with van der Waals surface area (Å²) in [7, 11) is 3.84. The lowest BCUT2D eigenvalue weighted by molar-refractivity contribution is -0.125. The summed E-state index contributed by atoms with van der Waals surface area (Å²) in [6.07, 6.45) is 7.04. The molecule has 0 radical (unpaired) electrons. The number of carbonyl (C=O) groups excluding carboxylic acids is 1. The molecule has 0 atom stereocenters. The van der Waals surface area contributed by atoms with E-state index in [4.69, 9.17) is 5.73 Å².